The van der Waals surface area contributed by atoms with E-state index in [9.17, 15) is 14.4 Å². The van der Waals surface area contributed by atoms with E-state index >= 15 is 0 Å². The van der Waals surface area contributed by atoms with Gasteiger partial charge >= 0.3 is 18.0 Å². The van der Waals surface area contributed by atoms with E-state index in [1.54, 1.807) is 31.2 Å². The number of hydrogen-bond donors (Lipinski definition) is 2. The lowest BCUT2D eigenvalue weighted by Gasteiger charge is -2.09. The topological polar surface area (TPSA) is 93.7 Å². The van der Waals surface area contributed by atoms with Gasteiger partial charge in [0, 0.05) is 0 Å². The number of carbonyl (C=O) groups is 3. The fraction of sp³-hybridized carbons (Fsp3) is 0.188. The predicted molar refractivity (Wildman–Crippen MR) is 95.8 cm³/mol. The van der Waals surface area contributed by atoms with Gasteiger partial charge in [0.1, 0.15) is 9.88 Å². The van der Waals surface area contributed by atoms with Crippen LogP contribution in [-0.4, -0.2) is 32.2 Å². The molecule has 2 amide bonds. The molecule has 0 fully saturated rings. The van der Waals surface area contributed by atoms with E-state index in [0.717, 1.165) is 11.3 Å². The minimum Gasteiger partial charge on any atom is -0.465 e. The number of para-hydroxylation sites is 1. The molecule has 25 heavy (non-hydrogen) atoms. The van der Waals surface area contributed by atoms with Gasteiger partial charge in [-0.2, -0.15) is 0 Å². The van der Waals surface area contributed by atoms with Gasteiger partial charge in [-0.25, -0.2) is 14.4 Å². The summed E-state index contributed by atoms with van der Waals surface area (Å²) in [4.78, 5) is 36.3. The Bertz CT molecular complexity index is 834. The van der Waals surface area contributed by atoms with Crippen LogP contribution in [0.15, 0.2) is 24.3 Å². The number of amides is 2. The molecule has 0 saturated carbocycles. The molecule has 1 aromatic heterocycles. The van der Waals surface area contributed by atoms with Crippen molar-refractivity contribution in [3.63, 3.8) is 0 Å². The van der Waals surface area contributed by atoms with Crippen molar-refractivity contribution in [2.75, 3.05) is 24.9 Å². The monoisotopic (exact) mass is 382 g/mol. The molecule has 0 aliphatic rings. The van der Waals surface area contributed by atoms with Crippen LogP contribution < -0.4 is 10.6 Å². The van der Waals surface area contributed by atoms with E-state index in [1.165, 1.54) is 14.2 Å². The molecule has 2 aromatic rings. The lowest BCUT2D eigenvalue weighted by Crippen LogP contribution is -2.20. The highest BCUT2D eigenvalue weighted by molar-refractivity contribution is 7.18. The molecule has 0 unspecified atom stereocenters. The first-order valence-electron chi connectivity index (χ1n) is 7.01. The maximum Gasteiger partial charge on any atom is 0.348 e. The number of esters is 2. The minimum absolute atomic E-state index is 0.0993. The Balaban J connectivity index is 2.31. The van der Waals surface area contributed by atoms with Crippen LogP contribution in [-0.2, 0) is 9.47 Å². The smallest absolute Gasteiger partial charge is 0.348 e. The standard InChI is InChI=1S/C16H15ClN2O5S/c1-8-11(14(20)23-2)13(25-12(8)15(21)24-3)19-16(22)18-10-7-5-4-6-9(10)17/h4-7H,1-3H3,(H2,18,19,22). The van der Waals surface area contributed by atoms with E-state index in [4.69, 9.17) is 16.3 Å². The number of carbonyl (C=O) groups excluding carboxylic acids is 3. The SMILES string of the molecule is COC(=O)c1sc(NC(=O)Nc2ccccc2Cl)c(C(=O)OC)c1C. The van der Waals surface area contributed by atoms with E-state index in [1.807, 2.05) is 0 Å². The fourth-order valence-electron chi connectivity index (χ4n) is 2.06. The van der Waals surface area contributed by atoms with Gasteiger partial charge in [0.2, 0.25) is 0 Å². The molecule has 0 atom stereocenters. The number of halogens is 1. The number of nitrogens with one attached hydrogen (secondary N) is 2. The predicted octanol–water partition coefficient (Wildman–Crippen LogP) is 3.93. The number of thiophene rings is 1. The minimum atomic E-state index is -0.669. The van der Waals surface area contributed by atoms with E-state index in [-0.39, 0.29) is 15.4 Å². The molecule has 0 aliphatic carbocycles. The van der Waals surface area contributed by atoms with Crippen LogP contribution >= 0.6 is 22.9 Å². The number of rotatable bonds is 4. The summed E-state index contributed by atoms with van der Waals surface area (Å²) < 4.78 is 9.41. The van der Waals surface area contributed by atoms with E-state index in [0.29, 0.717) is 16.3 Å². The maximum atomic E-state index is 12.2. The second-order valence-electron chi connectivity index (χ2n) is 4.80. The molecular formula is C16H15ClN2O5S. The zero-order chi connectivity index (χ0) is 18.6. The van der Waals surface area contributed by atoms with E-state index < -0.39 is 18.0 Å². The van der Waals surface area contributed by atoms with Gasteiger partial charge < -0.3 is 14.8 Å². The van der Waals surface area contributed by atoms with Crippen LogP contribution in [0.4, 0.5) is 15.5 Å². The molecular weight excluding hydrogens is 368 g/mol. The zero-order valence-electron chi connectivity index (χ0n) is 13.6. The largest absolute Gasteiger partial charge is 0.465 e. The highest BCUT2D eigenvalue weighted by Gasteiger charge is 2.26. The average Bonchev–Trinajstić information content (AvgIpc) is 2.91. The van der Waals surface area contributed by atoms with Crippen molar-refractivity contribution < 1.29 is 23.9 Å². The number of urea groups is 1. The van der Waals surface area contributed by atoms with Crippen LogP contribution in [0, 0.1) is 6.92 Å². The Hall–Kier alpha value is -2.58. The molecule has 2 N–H and O–H groups in total. The van der Waals surface area contributed by atoms with Gasteiger partial charge in [0.05, 0.1) is 30.5 Å². The molecule has 132 valence electrons. The highest BCUT2D eigenvalue weighted by atomic mass is 35.5. The Labute approximate surface area is 152 Å². The summed E-state index contributed by atoms with van der Waals surface area (Å²) in [6.07, 6.45) is 0. The van der Waals surface area contributed by atoms with Crippen molar-refractivity contribution in [3.8, 4) is 0 Å². The summed E-state index contributed by atoms with van der Waals surface area (Å²) in [6.45, 7) is 1.58. The second kappa shape index (κ2) is 8.00. The van der Waals surface area contributed by atoms with Gasteiger partial charge in [-0.05, 0) is 24.6 Å². The lowest BCUT2D eigenvalue weighted by atomic mass is 10.1. The van der Waals surface area contributed by atoms with Crippen molar-refractivity contribution >= 4 is 51.6 Å². The average molecular weight is 383 g/mol. The first-order chi connectivity index (χ1) is 11.9. The first kappa shape index (κ1) is 18.8. The zero-order valence-corrected chi connectivity index (χ0v) is 15.2. The van der Waals surface area contributed by atoms with Crippen LogP contribution in [0.3, 0.4) is 0 Å². The van der Waals surface area contributed by atoms with Gasteiger partial charge in [-0.15, -0.1) is 11.3 Å². The summed E-state index contributed by atoms with van der Waals surface area (Å²) >= 11 is 6.92. The highest BCUT2D eigenvalue weighted by Crippen LogP contribution is 2.34. The summed E-state index contributed by atoms with van der Waals surface area (Å²) in [7, 11) is 2.45. The molecule has 9 heteroatoms. The van der Waals surface area contributed by atoms with Crippen LogP contribution in [0.2, 0.25) is 5.02 Å². The first-order valence-corrected chi connectivity index (χ1v) is 8.21. The number of anilines is 2. The number of methoxy groups -OCH3 is 2. The number of ether oxygens (including phenoxy) is 2. The van der Waals surface area contributed by atoms with Crippen LogP contribution in [0.1, 0.15) is 25.6 Å². The molecule has 0 saturated heterocycles. The molecule has 1 aromatic carbocycles. The Morgan fingerprint density at radius 2 is 1.68 bits per heavy atom. The third-order valence-corrected chi connectivity index (χ3v) is 4.77. The Morgan fingerprint density at radius 3 is 2.28 bits per heavy atom. The summed E-state index contributed by atoms with van der Waals surface area (Å²) in [5.41, 5.74) is 0.877. The molecule has 0 spiro atoms. The molecule has 0 aliphatic heterocycles. The van der Waals surface area contributed by atoms with Gasteiger partial charge in [-0.3, -0.25) is 5.32 Å². The van der Waals surface area contributed by atoms with Crippen molar-refractivity contribution in [3.05, 3.63) is 45.3 Å². The van der Waals surface area contributed by atoms with Crippen LogP contribution in [0.25, 0.3) is 0 Å². The van der Waals surface area contributed by atoms with Crippen molar-refractivity contribution in [1.82, 2.24) is 0 Å². The Morgan fingerprint density at radius 1 is 1.04 bits per heavy atom. The quantitative estimate of drug-likeness (QED) is 0.781. The summed E-state index contributed by atoms with van der Waals surface area (Å²) in [5.74, 6) is -1.27. The molecule has 0 radical (unpaired) electrons. The summed E-state index contributed by atoms with van der Waals surface area (Å²) in [5, 5.41) is 5.65. The third kappa shape index (κ3) is 4.09. The molecule has 7 nitrogen and oxygen atoms in total. The normalized spacial score (nSPS) is 10.1. The van der Waals surface area contributed by atoms with Crippen molar-refractivity contribution in [1.29, 1.82) is 0 Å². The Kier molecular flexibility index (Phi) is 6.00. The molecule has 1 heterocycles. The van der Waals surface area contributed by atoms with Gasteiger partial charge in [-0.1, -0.05) is 23.7 Å². The molecule has 0 bridgehead atoms. The number of benzene rings is 1. The maximum absolute atomic E-state index is 12.2. The van der Waals surface area contributed by atoms with Crippen molar-refractivity contribution in [2.24, 2.45) is 0 Å². The van der Waals surface area contributed by atoms with Crippen LogP contribution in [0.5, 0.6) is 0 Å². The van der Waals surface area contributed by atoms with Gasteiger partial charge in [0.25, 0.3) is 0 Å². The van der Waals surface area contributed by atoms with Gasteiger partial charge in [0.15, 0.2) is 0 Å². The molecule has 2 rings (SSSR count). The third-order valence-electron chi connectivity index (χ3n) is 3.26. The lowest BCUT2D eigenvalue weighted by molar-refractivity contribution is 0.0601. The number of hydrogen-bond acceptors (Lipinski definition) is 6. The van der Waals surface area contributed by atoms with E-state index in [2.05, 4.69) is 15.4 Å². The fourth-order valence-corrected chi connectivity index (χ4v) is 3.35. The summed E-state index contributed by atoms with van der Waals surface area (Å²) in [6, 6.07) is 6.08. The van der Waals surface area contributed by atoms with Crippen molar-refractivity contribution in [2.45, 2.75) is 6.92 Å². The second-order valence-corrected chi connectivity index (χ2v) is 6.23.